The van der Waals surface area contributed by atoms with Crippen molar-refractivity contribution in [1.29, 1.82) is 0 Å². The highest BCUT2D eigenvalue weighted by atomic mass is 16.3. The first-order chi connectivity index (χ1) is 34.2. The van der Waals surface area contributed by atoms with Gasteiger partial charge in [0.2, 0.25) is 0 Å². The molecule has 0 aliphatic carbocycles. The Morgan fingerprint density at radius 3 is 1.63 bits per heavy atom. The molecule has 0 amide bonds. The van der Waals surface area contributed by atoms with E-state index in [0.717, 1.165) is 78.0 Å². The van der Waals surface area contributed by atoms with Crippen LogP contribution in [0, 0.1) is 0 Å². The van der Waals surface area contributed by atoms with Gasteiger partial charge in [-0.2, -0.15) is 0 Å². The third kappa shape index (κ3) is 8.87. The number of hydrogen-bond acceptors (Lipinski definition) is 3. The first-order valence-corrected chi connectivity index (χ1v) is 24.6. The molecule has 0 aliphatic heterocycles. The molecule has 8 aromatic carbocycles. The van der Waals surface area contributed by atoms with Gasteiger partial charge in [0.15, 0.2) is 0 Å². The Labute approximate surface area is 415 Å². The number of fused-ring (bicyclic) bond motifs is 1. The van der Waals surface area contributed by atoms with E-state index in [0.29, 0.717) is 11.4 Å². The monoisotopic (exact) mass is 912 g/mol. The van der Waals surface area contributed by atoms with Crippen molar-refractivity contribution in [3.63, 3.8) is 0 Å². The van der Waals surface area contributed by atoms with E-state index in [2.05, 4.69) is 199 Å². The summed E-state index contributed by atoms with van der Waals surface area (Å²) >= 11 is 0. The lowest BCUT2D eigenvalue weighted by Crippen LogP contribution is -2.12. The first-order valence-electron chi connectivity index (χ1n) is 25.1. The van der Waals surface area contributed by atoms with E-state index in [1.165, 1.54) is 22.3 Å². The number of hydrogen-bond donors (Lipinski definition) is 1. The molecule has 346 valence electrons. The fraction of sp³-hybridized carbons (Fsp3) is 0.182. The highest BCUT2D eigenvalue weighted by Crippen LogP contribution is 2.46. The maximum Gasteiger partial charge on any atom is 0.149 e. The van der Waals surface area contributed by atoms with Crippen LogP contribution in [0.5, 0.6) is 5.75 Å². The molecule has 4 heteroatoms. The van der Waals surface area contributed by atoms with Gasteiger partial charge in [0.25, 0.3) is 0 Å². The zero-order chi connectivity index (χ0) is 49.6. The van der Waals surface area contributed by atoms with Crippen LogP contribution < -0.4 is 0 Å². The summed E-state index contributed by atoms with van der Waals surface area (Å²) in [5, 5.41) is 12.4. The molecule has 2 heterocycles. The van der Waals surface area contributed by atoms with Crippen molar-refractivity contribution in [3.05, 3.63) is 228 Å². The number of nitrogens with zero attached hydrogens (tertiary/aromatic N) is 3. The lowest BCUT2D eigenvalue weighted by molar-refractivity contribution is 0.448. The van der Waals surface area contributed by atoms with Gasteiger partial charge in [-0.25, -0.2) is 4.98 Å². The van der Waals surface area contributed by atoms with E-state index >= 15 is 0 Å². The van der Waals surface area contributed by atoms with Gasteiger partial charge in [-0.1, -0.05) is 195 Å². The predicted octanol–water partition coefficient (Wildman–Crippen LogP) is 17.8. The number of aromatic hydroxyl groups is 1. The molecule has 0 spiro atoms. The molecular weight excluding hydrogens is 851 g/mol. The second-order valence-electron chi connectivity index (χ2n) is 20.2. The standard InChI is InChI=1S/C66H61N3O/c1-42(2)57-39-52(48-24-16-11-17-25-48)40-58(43(3)4)63(57)69-61-29-19-26-55(62(61)68-65(69)56-27-18-28-59(64(56)70)66(6,7)8)53-36-51(47-22-14-10-15-23-47)37-54(38-53)60-41-50(34-35-67-60)49-32-30-46(31-33-49)44(5)45-20-12-9-13-21-45/h9-44,70H,1-8H3/i44D. The lowest BCUT2D eigenvalue weighted by atomic mass is 9.85. The Kier molecular flexibility index (Phi) is 12.1. The average Bonchev–Trinajstić information content (AvgIpc) is 3.78. The molecule has 1 atom stereocenters. The van der Waals surface area contributed by atoms with Crippen molar-refractivity contribution in [1.82, 2.24) is 14.5 Å². The normalized spacial score (nSPS) is 12.9. The second kappa shape index (κ2) is 18.9. The minimum Gasteiger partial charge on any atom is -0.507 e. The Morgan fingerprint density at radius 1 is 0.486 bits per heavy atom. The Bertz CT molecular complexity index is 3500. The molecule has 0 radical (unpaired) electrons. The fourth-order valence-electron chi connectivity index (χ4n) is 9.95. The number of benzene rings is 8. The summed E-state index contributed by atoms with van der Waals surface area (Å²) in [5.74, 6) is 0.408. The molecule has 10 aromatic rings. The molecule has 10 rings (SSSR count). The maximum atomic E-state index is 12.4. The van der Waals surface area contributed by atoms with Crippen LogP contribution >= 0.6 is 0 Å². The summed E-state index contributed by atoms with van der Waals surface area (Å²) in [4.78, 5) is 10.7. The summed E-state index contributed by atoms with van der Waals surface area (Å²) in [5.41, 5.74) is 18.9. The van der Waals surface area contributed by atoms with Gasteiger partial charge in [0, 0.05) is 24.6 Å². The van der Waals surface area contributed by atoms with Gasteiger partial charge in [0.05, 0.1) is 28.0 Å². The summed E-state index contributed by atoms with van der Waals surface area (Å²) in [7, 11) is 0. The van der Waals surface area contributed by atoms with E-state index < -0.39 is 5.89 Å². The number of para-hydroxylation sites is 2. The molecule has 1 N–H and O–H groups in total. The van der Waals surface area contributed by atoms with Crippen LogP contribution in [0.3, 0.4) is 0 Å². The minimum atomic E-state index is -0.881. The summed E-state index contributed by atoms with van der Waals surface area (Å²) in [6, 6.07) is 67.8. The van der Waals surface area contributed by atoms with Gasteiger partial charge in [-0.05, 0) is 139 Å². The Balaban J connectivity index is 1.19. The van der Waals surface area contributed by atoms with E-state index in [-0.39, 0.29) is 23.0 Å². The van der Waals surface area contributed by atoms with Crippen LogP contribution in [0.2, 0.25) is 0 Å². The SMILES string of the molecule is [2H]C(C)(c1ccccc1)c1ccc(-c2ccnc(-c3cc(-c4ccccc4)cc(-c4cccc5c4nc(-c4cccc(C(C)(C)C)c4O)n5-c4c(C(C)C)cc(-c5ccccc5)cc4C(C)C)c3)c2)cc1. The molecule has 0 saturated heterocycles. The Hall–Kier alpha value is -7.82. The lowest BCUT2D eigenvalue weighted by Gasteiger charge is -2.25. The van der Waals surface area contributed by atoms with Crippen LogP contribution in [0.4, 0.5) is 0 Å². The number of pyridine rings is 1. The van der Waals surface area contributed by atoms with E-state index in [1.54, 1.807) is 0 Å². The zero-order valence-electron chi connectivity index (χ0n) is 42.5. The predicted molar refractivity (Wildman–Crippen MR) is 294 cm³/mol. The van der Waals surface area contributed by atoms with Crippen LogP contribution in [-0.4, -0.2) is 19.6 Å². The largest absolute Gasteiger partial charge is 0.507 e. The molecule has 0 saturated carbocycles. The third-order valence-corrected chi connectivity index (χ3v) is 13.8. The first kappa shape index (κ1) is 44.7. The summed E-state index contributed by atoms with van der Waals surface area (Å²) < 4.78 is 11.6. The van der Waals surface area contributed by atoms with Crippen LogP contribution in [0.25, 0.3) is 83.9 Å². The maximum absolute atomic E-state index is 12.4. The van der Waals surface area contributed by atoms with Crippen LogP contribution in [0.15, 0.2) is 200 Å². The molecule has 0 bridgehead atoms. The van der Waals surface area contributed by atoms with Gasteiger partial charge >= 0.3 is 0 Å². The second-order valence-corrected chi connectivity index (χ2v) is 20.2. The molecule has 0 aliphatic rings. The van der Waals surface area contributed by atoms with Gasteiger partial charge in [-0.15, -0.1) is 0 Å². The fourth-order valence-corrected chi connectivity index (χ4v) is 9.95. The molecule has 4 nitrogen and oxygen atoms in total. The molecule has 1 unspecified atom stereocenters. The van der Waals surface area contributed by atoms with Gasteiger partial charge in [0.1, 0.15) is 11.6 Å². The molecular formula is C66H61N3O. The van der Waals surface area contributed by atoms with Crippen molar-refractivity contribution < 1.29 is 6.48 Å². The van der Waals surface area contributed by atoms with Crippen LogP contribution in [-0.2, 0) is 5.41 Å². The zero-order valence-corrected chi connectivity index (χ0v) is 41.5. The van der Waals surface area contributed by atoms with E-state index in [4.69, 9.17) is 9.97 Å². The smallest absolute Gasteiger partial charge is 0.149 e. The average molecular weight is 913 g/mol. The minimum absolute atomic E-state index is 0.174. The number of aromatic nitrogens is 3. The van der Waals surface area contributed by atoms with Crippen molar-refractivity contribution in [2.75, 3.05) is 0 Å². The van der Waals surface area contributed by atoms with Crippen molar-refractivity contribution in [3.8, 4) is 78.6 Å². The Morgan fingerprint density at radius 2 is 1.01 bits per heavy atom. The van der Waals surface area contributed by atoms with Gasteiger partial charge in [-0.3, -0.25) is 9.55 Å². The number of rotatable bonds is 11. The van der Waals surface area contributed by atoms with Crippen LogP contribution in [0.1, 0.15) is 102 Å². The quantitative estimate of drug-likeness (QED) is 0.141. The van der Waals surface area contributed by atoms with Gasteiger partial charge < -0.3 is 5.11 Å². The summed E-state index contributed by atoms with van der Waals surface area (Å²) in [6.07, 6.45) is 1.89. The number of imidazole rings is 1. The van der Waals surface area contributed by atoms with Crippen molar-refractivity contribution >= 4 is 11.0 Å². The highest BCUT2D eigenvalue weighted by Gasteiger charge is 2.28. The van der Waals surface area contributed by atoms with Crippen molar-refractivity contribution in [2.45, 2.75) is 78.5 Å². The van der Waals surface area contributed by atoms with E-state index in [1.807, 2.05) is 61.7 Å². The topological polar surface area (TPSA) is 50.9 Å². The molecule has 2 aromatic heterocycles. The third-order valence-electron chi connectivity index (χ3n) is 13.8. The highest BCUT2D eigenvalue weighted by molar-refractivity contribution is 5.98. The van der Waals surface area contributed by atoms with E-state index in [9.17, 15) is 6.48 Å². The summed E-state index contributed by atoms with van der Waals surface area (Å²) in [6.45, 7) is 17.5. The molecule has 0 fully saturated rings. The number of phenolic OH excluding ortho intramolecular Hbond substituents is 1. The molecule has 70 heavy (non-hydrogen) atoms. The number of phenols is 1. The van der Waals surface area contributed by atoms with Crippen molar-refractivity contribution in [2.24, 2.45) is 0 Å².